The summed E-state index contributed by atoms with van der Waals surface area (Å²) in [7, 11) is 0. The summed E-state index contributed by atoms with van der Waals surface area (Å²) in [6.07, 6.45) is 1.62. The molecule has 5 nitrogen and oxygen atoms in total. The van der Waals surface area contributed by atoms with Gasteiger partial charge in [-0.2, -0.15) is 0 Å². The van der Waals surface area contributed by atoms with Gasteiger partial charge in [-0.25, -0.2) is 0 Å². The Morgan fingerprint density at radius 3 is 2.55 bits per heavy atom. The van der Waals surface area contributed by atoms with Crippen LogP contribution in [0.1, 0.15) is 43.2 Å². The third-order valence-electron chi connectivity index (χ3n) is 6.30. The van der Waals surface area contributed by atoms with Crippen molar-refractivity contribution < 1.29 is 9.59 Å². The van der Waals surface area contributed by atoms with Gasteiger partial charge in [0, 0.05) is 24.0 Å². The molecule has 0 fully saturated rings. The van der Waals surface area contributed by atoms with E-state index in [0.29, 0.717) is 37.7 Å². The standard InChI is InChI=1S/C26H31N3O2/c1-19(2)13-15-27-25(31)26(3)18-28-22-12-8-7-11-21(22)17-23(28)24(30)29(26)16-14-20-9-5-4-6-10-20/h4-12,17,19H,13-16,18H2,1-3H3,(H,27,31). The number of amides is 2. The first kappa shape index (κ1) is 21.2. The first-order chi connectivity index (χ1) is 14.9. The average Bonchev–Trinajstić information content (AvgIpc) is 3.12. The second-order valence-corrected chi connectivity index (χ2v) is 9.08. The largest absolute Gasteiger partial charge is 0.354 e. The van der Waals surface area contributed by atoms with Crippen LogP contribution in [0.3, 0.4) is 0 Å². The molecule has 31 heavy (non-hydrogen) atoms. The highest BCUT2D eigenvalue weighted by molar-refractivity contribution is 6.03. The zero-order valence-corrected chi connectivity index (χ0v) is 18.6. The third-order valence-corrected chi connectivity index (χ3v) is 6.30. The Hall–Kier alpha value is -3.08. The summed E-state index contributed by atoms with van der Waals surface area (Å²) in [5, 5.41) is 4.12. The van der Waals surface area contributed by atoms with E-state index in [-0.39, 0.29) is 11.8 Å². The lowest BCUT2D eigenvalue weighted by Gasteiger charge is -2.44. The van der Waals surface area contributed by atoms with Crippen LogP contribution in [0.5, 0.6) is 0 Å². The summed E-state index contributed by atoms with van der Waals surface area (Å²) in [4.78, 5) is 28.8. The van der Waals surface area contributed by atoms with Gasteiger partial charge in [-0.3, -0.25) is 9.59 Å². The number of carbonyl (C=O) groups excluding carboxylic acids is 2. The zero-order valence-electron chi connectivity index (χ0n) is 18.6. The molecule has 3 aromatic rings. The Morgan fingerprint density at radius 1 is 1.10 bits per heavy atom. The maximum absolute atomic E-state index is 13.6. The highest BCUT2D eigenvalue weighted by atomic mass is 16.2. The van der Waals surface area contributed by atoms with Crippen LogP contribution in [-0.2, 0) is 17.8 Å². The number of carbonyl (C=O) groups is 2. The quantitative estimate of drug-likeness (QED) is 0.624. The molecule has 0 saturated carbocycles. The Labute approximate surface area is 184 Å². The third kappa shape index (κ3) is 4.09. The molecule has 5 heteroatoms. The average molecular weight is 418 g/mol. The number of para-hydroxylation sites is 1. The lowest BCUT2D eigenvalue weighted by atomic mass is 9.93. The molecule has 0 radical (unpaired) electrons. The van der Waals surface area contributed by atoms with E-state index < -0.39 is 5.54 Å². The van der Waals surface area contributed by atoms with E-state index in [2.05, 4.69) is 31.3 Å². The number of hydrogen-bond donors (Lipinski definition) is 1. The lowest BCUT2D eigenvalue weighted by Crippen LogP contribution is -2.64. The number of aromatic nitrogens is 1. The Bertz CT molecular complexity index is 1090. The highest BCUT2D eigenvalue weighted by Gasteiger charge is 2.47. The molecular formula is C26H31N3O2. The monoisotopic (exact) mass is 417 g/mol. The van der Waals surface area contributed by atoms with Gasteiger partial charge in [-0.05, 0) is 43.4 Å². The van der Waals surface area contributed by atoms with Crippen molar-refractivity contribution in [3.8, 4) is 0 Å². The van der Waals surface area contributed by atoms with Crippen molar-refractivity contribution >= 4 is 22.7 Å². The van der Waals surface area contributed by atoms with Crippen LogP contribution in [0, 0.1) is 5.92 Å². The van der Waals surface area contributed by atoms with Crippen LogP contribution in [-0.4, -0.2) is 39.9 Å². The molecule has 2 aromatic carbocycles. The van der Waals surface area contributed by atoms with Crippen LogP contribution < -0.4 is 5.32 Å². The maximum Gasteiger partial charge on any atom is 0.271 e. The van der Waals surface area contributed by atoms with Gasteiger partial charge in [0.25, 0.3) is 5.91 Å². The van der Waals surface area contributed by atoms with E-state index in [4.69, 9.17) is 0 Å². The molecule has 162 valence electrons. The van der Waals surface area contributed by atoms with Crippen LogP contribution in [0.15, 0.2) is 60.7 Å². The molecule has 4 rings (SSSR count). The van der Waals surface area contributed by atoms with E-state index in [1.165, 1.54) is 0 Å². The number of hydrogen-bond acceptors (Lipinski definition) is 2. The maximum atomic E-state index is 13.6. The number of nitrogens with one attached hydrogen (secondary N) is 1. The fourth-order valence-electron chi connectivity index (χ4n) is 4.41. The van der Waals surface area contributed by atoms with E-state index in [0.717, 1.165) is 22.9 Å². The summed E-state index contributed by atoms with van der Waals surface area (Å²) < 4.78 is 2.01. The predicted octanol–water partition coefficient (Wildman–Crippen LogP) is 4.26. The minimum Gasteiger partial charge on any atom is -0.354 e. The van der Waals surface area contributed by atoms with Crippen molar-refractivity contribution in [1.29, 1.82) is 0 Å². The summed E-state index contributed by atoms with van der Waals surface area (Å²) in [5.41, 5.74) is 1.86. The second kappa shape index (κ2) is 8.58. The fraction of sp³-hybridized carbons (Fsp3) is 0.385. The van der Waals surface area contributed by atoms with Gasteiger partial charge in [0.2, 0.25) is 5.91 Å². The van der Waals surface area contributed by atoms with Crippen molar-refractivity contribution in [3.63, 3.8) is 0 Å². The topological polar surface area (TPSA) is 54.3 Å². The minimum absolute atomic E-state index is 0.0834. The molecular weight excluding hydrogens is 386 g/mol. The lowest BCUT2D eigenvalue weighted by molar-refractivity contribution is -0.132. The molecule has 2 heterocycles. The van der Waals surface area contributed by atoms with Crippen LogP contribution in [0.25, 0.3) is 10.9 Å². The normalized spacial score (nSPS) is 18.5. The number of rotatable bonds is 7. The van der Waals surface area contributed by atoms with Gasteiger partial charge in [0.15, 0.2) is 0 Å². The Balaban J connectivity index is 1.67. The van der Waals surface area contributed by atoms with Crippen LogP contribution >= 0.6 is 0 Å². The van der Waals surface area contributed by atoms with Gasteiger partial charge < -0.3 is 14.8 Å². The van der Waals surface area contributed by atoms with E-state index in [9.17, 15) is 9.59 Å². The Kier molecular flexibility index (Phi) is 5.86. The molecule has 1 unspecified atom stereocenters. The van der Waals surface area contributed by atoms with E-state index in [1.54, 1.807) is 4.90 Å². The van der Waals surface area contributed by atoms with Crippen molar-refractivity contribution in [2.75, 3.05) is 13.1 Å². The predicted molar refractivity (Wildman–Crippen MR) is 124 cm³/mol. The number of fused-ring (bicyclic) bond motifs is 3. The first-order valence-corrected chi connectivity index (χ1v) is 11.1. The summed E-state index contributed by atoms with van der Waals surface area (Å²) in [6, 6.07) is 20.0. The van der Waals surface area contributed by atoms with Gasteiger partial charge in [0.1, 0.15) is 11.2 Å². The minimum atomic E-state index is -0.947. The molecule has 2 amide bonds. The van der Waals surface area contributed by atoms with Crippen molar-refractivity contribution in [1.82, 2.24) is 14.8 Å². The zero-order chi connectivity index (χ0) is 22.0. The Morgan fingerprint density at radius 2 is 1.81 bits per heavy atom. The summed E-state index contributed by atoms with van der Waals surface area (Å²) in [6.45, 7) is 7.75. The van der Waals surface area contributed by atoms with Crippen LogP contribution in [0.2, 0.25) is 0 Å². The van der Waals surface area contributed by atoms with Gasteiger partial charge in [-0.15, -0.1) is 0 Å². The second-order valence-electron chi connectivity index (χ2n) is 9.08. The van der Waals surface area contributed by atoms with E-state index in [1.807, 2.05) is 60.0 Å². The van der Waals surface area contributed by atoms with Crippen LogP contribution in [0.4, 0.5) is 0 Å². The van der Waals surface area contributed by atoms with Crippen molar-refractivity contribution in [3.05, 3.63) is 71.9 Å². The molecule has 1 atom stereocenters. The van der Waals surface area contributed by atoms with Gasteiger partial charge in [0.05, 0.1) is 6.54 Å². The fourth-order valence-corrected chi connectivity index (χ4v) is 4.41. The van der Waals surface area contributed by atoms with Crippen molar-refractivity contribution in [2.24, 2.45) is 5.92 Å². The highest BCUT2D eigenvalue weighted by Crippen LogP contribution is 2.32. The van der Waals surface area contributed by atoms with Gasteiger partial charge >= 0.3 is 0 Å². The molecule has 0 saturated heterocycles. The molecule has 1 N–H and O–H groups in total. The van der Waals surface area contributed by atoms with E-state index >= 15 is 0 Å². The van der Waals surface area contributed by atoms with Gasteiger partial charge in [-0.1, -0.05) is 62.4 Å². The molecule has 1 aromatic heterocycles. The molecule has 1 aliphatic rings. The number of benzene rings is 2. The SMILES string of the molecule is CC(C)CCNC(=O)C1(C)Cn2c(cc3ccccc32)C(=O)N1CCc1ccccc1. The smallest absolute Gasteiger partial charge is 0.271 e. The van der Waals surface area contributed by atoms with Crippen molar-refractivity contribution in [2.45, 2.75) is 45.7 Å². The first-order valence-electron chi connectivity index (χ1n) is 11.1. The molecule has 0 bridgehead atoms. The molecule has 0 spiro atoms. The molecule has 1 aliphatic heterocycles. The number of nitrogens with zero attached hydrogens (tertiary/aromatic N) is 2. The summed E-state index contributed by atoms with van der Waals surface area (Å²) in [5.74, 6) is 0.341. The summed E-state index contributed by atoms with van der Waals surface area (Å²) >= 11 is 0. The molecule has 0 aliphatic carbocycles.